The van der Waals surface area contributed by atoms with Crippen molar-refractivity contribution < 1.29 is 22.7 Å². The van der Waals surface area contributed by atoms with Crippen LogP contribution in [0.5, 0.6) is 5.88 Å². The van der Waals surface area contributed by atoms with Crippen LogP contribution in [-0.4, -0.2) is 30.0 Å². The highest BCUT2D eigenvalue weighted by molar-refractivity contribution is 5.93. The topological polar surface area (TPSA) is 55.3 Å². The third-order valence-electron chi connectivity index (χ3n) is 3.12. The molecule has 8 heteroatoms. The minimum absolute atomic E-state index is 0.0538. The molecule has 0 spiro atoms. The number of anilines is 1. The molecule has 0 aromatic carbocycles. The molecule has 2 rings (SSSR count). The Hall–Kier alpha value is -2.64. The SMILES string of the molecule is COc1ccc(N(C)C(=O)Cc2cccc(C(F)(F)F)n2)cn1. The molecule has 23 heavy (non-hydrogen) atoms. The van der Waals surface area contributed by atoms with Crippen LogP contribution in [-0.2, 0) is 17.4 Å². The number of likely N-dealkylation sites (N-methyl/N-ethyl adjacent to an activating group) is 1. The van der Waals surface area contributed by atoms with E-state index in [0.29, 0.717) is 11.6 Å². The standard InChI is InChI=1S/C15H14F3N3O2/c1-21(11-6-7-13(23-2)19-9-11)14(22)8-10-4-3-5-12(20-10)15(16,17)18/h3-7,9H,8H2,1-2H3. The van der Waals surface area contributed by atoms with Gasteiger partial charge in [0.15, 0.2) is 0 Å². The molecule has 0 saturated heterocycles. The Morgan fingerprint density at radius 1 is 1.26 bits per heavy atom. The number of amides is 1. The van der Waals surface area contributed by atoms with E-state index in [9.17, 15) is 18.0 Å². The molecule has 1 amide bonds. The maximum Gasteiger partial charge on any atom is 0.433 e. The fourth-order valence-corrected chi connectivity index (χ4v) is 1.85. The van der Waals surface area contributed by atoms with Crippen molar-refractivity contribution in [3.8, 4) is 5.88 Å². The predicted octanol–water partition coefficient (Wildman–Crippen LogP) is 2.71. The Morgan fingerprint density at radius 2 is 2.00 bits per heavy atom. The fraction of sp³-hybridized carbons (Fsp3) is 0.267. The van der Waals surface area contributed by atoms with Crippen LogP contribution in [0.4, 0.5) is 18.9 Å². The Balaban J connectivity index is 2.11. The van der Waals surface area contributed by atoms with Gasteiger partial charge < -0.3 is 9.64 Å². The van der Waals surface area contributed by atoms with Gasteiger partial charge in [-0.1, -0.05) is 6.07 Å². The molecular weight excluding hydrogens is 311 g/mol. The summed E-state index contributed by atoms with van der Waals surface area (Å²) in [6.45, 7) is 0. The third-order valence-corrected chi connectivity index (χ3v) is 3.12. The Labute approximate surface area is 130 Å². The van der Waals surface area contributed by atoms with Crippen molar-refractivity contribution in [2.75, 3.05) is 19.1 Å². The summed E-state index contributed by atoms with van der Waals surface area (Å²) in [6.07, 6.45) is -3.34. The van der Waals surface area contributed by atoms with E-state index in [0.717, 1.165) is 6.07 Å². The van der Waals surface area contributed by atoms with E-state index in [1.807, 2.05) is 0 Å². The molecule has 0 aliphatic heterocycles. The summed E-state index contributed by atoms with van der Waals surface area (Å²) < 4.78 is 42.8. The molecule has 0 aliphatic rings. The van der Waals surface area contributed by atoms with E-state index in [2.05, 4.69) is 9.97 Å². The minimum Gasteiger partial charge on any atom is -0.481 e. The number of rotatable bonds is 4. The largest absolute Gasteiger partial charge is 0.481 e. The monoisotopic (exact) mass is 325 g/mol. The number of halogens is 3. The van der Waals surface area contributed by atoms with Gasteiger partial charge in [-0.25, -0.2) is 9.97 Å². The lowest BCUT2D eigenvalue weighted by Crippen LogP contribution is -2.28. The average molecular weight is 325 g/mol. The first-order chi connectivity index (χ1) is 10.8. The van der Waals surface area contributed by atoms with Crippen molar-refractivity contribution in [1.29, 1.82) is 0 Å². The maximum absolute atomic E-state index is 12.6. The molecule has 2 aromatic rings. The van der Waals surface area contributed by atoms with Gasteiger partial charge in [-0.05, 0) is 18.2 Å². The number of ether oxygens (including phenoxy) is 1. The van der Waals surface area contributed by atoms with Gasteiger partial charge in [0.2, 0.25) is 11.8 Å². The second-order valence-electron chi connectivity index (χ2n) is 4.70. The highest BCUT2D eigenvalue weighted by atomic mass is 19.4. The molecule has 0 unspecified atom stereocenters. The van der Waals surface area contributed by atoms with Gasteiger partial charge in [0.25, 0.3) is 0 Å². The summed E-state index contributed by atoms with van der Waals surface area (Å²) in [4.78, 5) is 20.9. The van der Waals surface area contributed by atoms with Gasteiger partial charge in [0.1, 0.15) is 5.69 Å². The zero-order valence-electron chi connectivity index (χ0n) is 12.5. The van der Waals surface area contributed by atoms with Crippen LogP contribution < -0.4 is 9.64 Å². The van der Waals surface area contributed by atoms with Gasteiger partial charge in [-0.15, -0.1) is 0 Å². The zero-order valence-corrected chi connectivity index (χ0v) is 12.5. The number of nitrogens with zero attached hydrogens (tertiary/aromatic N) is 3. The number of aromatic nitrogens is 2. The summed E-state index contributed by atoms with van der Waals surface area (Å²) >= 11 is 0. The molecule has 0 bridgehead atoms. The van der Waals surface area contributed by atoms with Crippen LogP contribution in [0.3, 0.4) is 0 Å². The first-order valence-corrected chi connectivity index (χ1v) is 6.61. The van der Waals surface area contributed by atoms with Gasteiger partial charge >= 0.3 is 6.18 Å². The first-order valence-electron chi connectivity index (χ1n) is 6.61. The molecule has 5 nitrogen and oxygen atoms in total. The van der Waals surface area contributed by atoms with Crippen LogP contribution in [0.15, 0.2) is 36.5 Å². The van der Waals surface area contributed by atoms with Crippen LogP contribution >= 0.6 is 0 Å². The fourth-order valence-electron chi connectivity index (χ4n) is 1.85. The van der Waals surface area contributed by atoms with E-state index >= 15 is 0 Å². The minimum atomic E-state index is -4.54. The molecule has 2 aromatic heterocycles. The van der Waals surface area contributed by atoms with Gasteiger partial charge in [0.05, 0.1) is 31.1 Å². The molecule has 0 fully saturated rings. The van der Waals surface area contributed by atoms with E-state index < -0.39 is 17.8 Å². The number of alkyl halides is 3. The normalized spacial score (nSPS) is 11.2. The van der Waals surface area contributed by atoms with Gasteiger partial charge in [0, 0.05) is 13.1 Å². The van der Waals surface area contributed by atoms with Crippen LogP contribution in [0.25, 0.3) is 0 Å². The van der Waals surface area contributed by atoms with Crippen molar-refractivity contribution in [3.05, 3.63) is 47.9 Å². The number of hydrogen-bond donors (Lipinski definition) is 0. The van der Waals surface area contributed by atoms with Crippen molar-refractivity contribution >= 4 is 11.6 Å². The van der Waals surface area contributed by atoms with E-state index in [-0.39, 0.29) is 12.1 Å². The van der Waals surface area contributed by atoms with Crippen molar-refractivity contribution in [2.45, 2.75) is 12.6 Å². The number of hydrogen-bond acceptors (Lipinski definition) is 4. The molecule has 0 atom stereocenters. The lowest BCUT2D eigenvalue weighted by molar-refractivity contribution is -0.141. The molecule has 0 aliphatic carbocycles. The van der Waals surface area contributed by atoms with Crippen molar-refractivity contribution in [2.24, 2.45) is 0 Å². The van der Waals surface area contributed by atoms with Gasteiger partial charge in [-0.3, -0.25) is 4.79 Å². The number of pyridine rings is 2. The Morgan fingerprint density at radius 3 is 2.57 bits per heavy atom. The van der Waals surface area contributed by atoms with E-state index in [1.165, 1.54) is 37.4 Å². The predicted molar refractivity (Wildman–Crippen MR) is 77.1 cm³/mol. The molecular formula is C15H14F3N3O2. The Kier molecular flexibility index (Phi) is 4.83. The summed E-state index contributed by atoms with van der Waals surface area (Å²) in [6, 6.07) is 6.69. The third kappa shape index (κ3) is 4.18. The highest BCUT2D eigenvalue weighted by Crippen LogP contribution is 2.27. The van der Waals surface area contributed by atoms with E-state index in [1.54, 1.807) is 12.1 Å². The first kappa shape index (κ1) is 16.7. The summed E-state index contributed by atoms with van der Waals surface area (Å²) in [5, 5.41) is 0. The molecule has 2 heterocycles. The number of carbonyl (C=O) groups excluding carboxylic acids is 1. The van der Waals surface area contributed by atoms with Crippen molar-refractivity contribution in [3.63, 3.8) is 0 Å². The molecule has 0 N–H and O–H groups in total. The summed E-state index contributed by atoms with van der Waals surface area (Å²) in [7, 11) is 2.98. The van der Waals surface area contributed by atoms with Gasteiger partial charge in [-0.2, -0.15) is 13.2 Å². The smallest absolute Gasteiger partial charge is 0.433 e. The number of methoxy groups -OCH3 is 1. The second kappa shape index (κ2) is 6.64. The Bertz CT molecular complexity index is 687. The number of carbonyl (C=O) groups is 1. The zero-order chi connectivity index (χ0) is 17.0. The van der Waals surface area contributed by atoms with Crippen LogP contribution in [0.1, 0.15) is 11.4 Å². The van der Waals surface area contributed by atoms with Crippen molar-refractivity contribution in [1.82, 2.24) is 9.97 Å². The average Bonchev–Trinajstić information content (AvgIpc) is 2.53. The van der Waals surface area contributed by atoms with Crippen LogP contribution in [0.2, 0.25) is 0 Å². The second-order valence-corrected chi connectivity index (χ2v) is 4.70. The van der Waals surface area contributed by atoms with E-state index in [4.69, 9.17) is 4.74 Å². The lowest BCUT2D eigenvalue weighted by Gasteiger charge is -2.17. The molecule has 0 saturated carbocycles. The molecule has 122 valence electrons. The summed E-state index contributed by atoms with van der Waals surface area (Å²) in [5.74, 6) is -0.00191. The summed E-state index contributed by atoms with van der Waals surface area (Å²) in [5.41, 5.74) is -0.461. The highest BCUT2D eigenvalue weighted by Gasteiger charge is 2.32. The quantitative estimate of drug-likeness (QED) is 0.867. The molecule has 0 radical (unpaired) electrons. The van der Waals surface area contributed by atoms with Crippen LogP contribution in [0, 0.1) is 0 Å². The maximum atomic E-state index is 12.6. The lowest BCUT2D eigenvalue weighted by atomic mass is 10.2.